The van der Waals surface area contributed by atoms with E-state index in [4.69, 9.17) is 9.47 Å². The molecule has 1 heterocycles. The smallest absolute Gasteiger partial charge is 0.309 e. The quantitative estimate of drug-likeness (QED) is 0.451. The van der Waals surface area contributed by atoms with Crippen molar-refractivity contribution in [3.8, 4) is 5.75 Å². The van der Waals surface area contributed by atoms with Crippen molar-refractivity contribution in [3.05, 3.63) is 82.0 Å². The molecule has 0 saturated carbocycles. The van der Waals surface area contributed by atoms with Gasteiger partial charge in [0.15, 0.2) is 0 Å². The summed E-state index contributed by atoms with van der Waals surface area (Å²) in [5, 5.41) is 7.45. The molecular weight excluding hydrogens is 440 g/mol. The molecule has 2 atom stereocenters. The van der Waals surface area contributed by atoms with Crippen LogP contribution in [0.4, 0.5) is 5.69 Å². The van der Waals surface area contributed by atoms with Gasteiger partial charge in [-0.15, -0.1) is 11.3 Å². The first-order valence-electron chi connectivity index (χ1n) is 10.4. The standard InChI is InChI=1S/C25H26N2O5S/c1-16-11-12-21(31-3)19(14-16)27-25(30)24(18-8-5-4-6-9-18)32-23(29)15-20(26-17(2)28)22-10-7-13-33-22/h4-14,20,24H,15H2,1-3H3,(H,26,28)(H,27,30). The van der Waals surface area contributed by atoms with Crippen LogP contribution in [0.15, 0.2) is 66.0 Å². The number of carbonyl (C=O) groups is 3. The molecule has 3 aromatic rings. The van der Waals surface area contributed by atoms with E-state index in [0.29, 0.717) is 17.0 Å². The van der Waals surface area contributed by atoms with Crippen molar-refractivity contribution in [1.82, 2.24) is 5.32 Å². The summed E-state index contributed by atoms with van der Waals surface area (Å²) in [4.78, 5) is 38.5. The van der Waals surface area contributed by atoms with E-state index in [1.165, 1.54) is 25.4 Å². The minimum absolute atomic E-state index is 0.107. The lowest BCUT2D eigenvalue weighted by atomic mass is 10.1. The van der Waals surface area contributed by atoms with Crippen LogP contribution in [0.2, 0.25) is 0 Å². The second-order valence-corrected chi connectivity index (χ2v) is 8.43. The van der Waals surface area contributed by atoms with Crippen LogP contribution in [0.25, 0.3) is 0 Å². The van der Waals surface area contributed by atoms with Crippen molar-refractivity contribution in [1.29, 1.82) is 0 Å². The average Bonchev–Trinajstić information content (AvgIpc) is 3.32. The Morgan fingerprint density at radius 2 is 1.79 bits per heavy atom. The molecule has 2 unspecified atom stereocenters. The molecule has 1 aromatic heterocycles. The van der Waals surface area contributed by atoms with Gasteiger partial charge >= 0.3 is 5.97 Å². The molecule has 0 radical (unpaired) electrons. The largest absolute Gasteiger partial charge is 0.495 e. The Hall–Kier alpha value is -3.65. The summed E-state index contributed by atoms with van der Waals surface area (Å²) in [6.07, 6.45) is -1.28. The summed E-state index contributed by atoms with van der Waals surface area (Å²) < 4.78 is 11.0. The summed E-state index contributed by atoms with van der Waals surface area (Å²) in [6.45, 7) is 3.29. The Bertz CT molecular complexity index is 1100. The first kappa shape index (κ1) is 24.0. The zero-order valence-corrected chi connectivity index (χ0v) is 19.5. The van der Waals surface area contributed by atoms with E-state index in [0.717, 1.165) is 10.4 Å². The Kier molecular flexibility index (Phi) is 8.21. The third-order valence-corrected chi connectivity index (χ3v) is 5.82. The van der Waals surface area contributed by atoms with E-state index >= 15 is 0 Å². The molecule has 7 nitrogen and oxygen atoms in total. The summed E-state index contributed by atoms with van der Waals surface area (Å²) in [6, 6.07) is 17.3. The Morgan fingerprint density at radius 1 is 1.03 bits per heavy atom. The zero-order valence-electron chi connectivity index (χ0n) is 18.7. The molecule has 0 aliphatic carbocycles. The molecule has 2 N–H and O–H groups in total. The highest BCUT2D eigenvalue weighted by molar-refractivity contribution is 7.10. The van der Waals surface area contributed by atoms with Gasteiger partial charge in [-0.05, 0) is 36.1 Å². The number of thiophene rings is 1. The molecule has 0 aliphatic rings. The molecule has 0 fully saturated rings. The number of hydrogen-bond donors (Lipinski definition) is 2. The Morgan fingerprint density at radius 3 is 2.42 bits per heavy atom. The maximum Gasteiger partial charge on any atom is 0.309 e. The number of nitrogens with one attached hydrogen (secondary N) is 2. The van der Waals surface area contributed by atoms with Crippen molar-refractivity contribution in [2.24, 2.45) is 0 Å². The summed E-state index contributed by atoms with van der Waals surface area (Å²) in [5.74, 6) is -0.881. The third-order valence-electron chi connectivity index (χ3n) is 4.84. The van der Waals surface area contributed by atoms with Crippen molar-refractivity contribution >= 4 is 34.8 Å². The Labute approximate surface area is 196 Å². The SMILES string of the molecule is COc1ccc(C)cc1NC(=O)C(OC(=O)CC(NC(C)=O)c1cccs1)c1ccccc1. The van der Waals surface area contributed by atoms with Gasteiger partial charge in [0.05, 0.1) is 25.3 Å². The zero-order chi connectivity index (χ0) is 23.8. The average molecular weight is 467 g/mol. The van der Waals surface area contributed by atoms with Crippen molar-refractivity contribution in [2.45, 2.75) is 32.4 Å². The maximum atomic E-state index is 13.2. The molecule has 0 spiro atoms. The van der Waals surface area contributed by atoms with Crippen molar-refractivity contribution < 1.29 is 23.9 Å². The molecule has 2 aromatic carbocycles. The van der Waals surface area contributed by atoms with Gasteiger partial charge in [0.1, 0.15) is 5.75 Å². The molecule has 0 saturated heterocycles. The predicted octanol–water partition coefficient (Wildman–Crippen LogP) is 4.56. The molecule has 0 aliphatic heterocycles. The first-order valence-corrected chi connectivity index (χ1v) is 11.3. The fourth-order valence-electron chi connectivity index (χ4n) is 3.32. The lowest BCUT2D eigenvalue weighted by Crippen LogP contribution is -2.30. The van der Waals surface area contributed by atoms with Gasteiger partial charge in [-0.1, -0.05) is 42.5 Å². The number of rotatable bonds is 9. The van der Waals surface area contributed by atoms with Gasteiger partial charge in [-0.3, -0.25) is 14.4 Å². The van der Waals surface area contributed by atoms with E-state index in [1.54, 1.807) is 36.4 Å². The van der Waals surface area contributed by atoms with Crippen LogP contribution in [0.1, 0.15) is 41.5 Å². The maximum absolute atomic E-state index is 13.2. The highest BCUT2D eigenvalue weighted by Gasteiger charge is 2.28. The number of ether oxygens (including phenoxy) is 2. The fourth-order valence-corrected chi connectivity index (χ4v) is 4.10. The van der Waals surface area contributed by atoms with Gasteiger partial charge in [0, 0.05) is 17.4 Å². The number of carbonyl (C=O) groups excluding carboxylic acids is 3. The van der Waals surface area contributed by atoms with Gasteiger partial charge in [0.2, 0.25) is 12.0 Å². The van der Waals surface area contributed by atoms with Gasteiger partial charge in [-0.2, -0.15) is 0 Å². The second kappa shape index (κ2) is 11.3. The number of methoxy groups -OCH3 is 1. The second-order valence-electron chi connectivity index (χ2n) is 7.45. The van der Waals surface area contributed by atoms with Gasteiger partial charge < -0.3 is 20.1 Å². The molecule has 3 rings (SSSR count). The van der Waals surface area contributed by atoms with Crippen LogP contribution >= 0.6 is 11.3 Å². The molecule has 8 heteroatoms. The summed E-state index contributed by atoms with van der Waals surface area (Å²) >= 11 is 1.43. The van der Waals surface area contributed by atoms with Gasteiger partial charge in [0.25, 0.3) is 5.91 Å². The van der Waals surface area contributed by atoms with Crippen LogP contribution in [0, 0.1) is 6.92 Å². The molecule has 2 amide bonds. The van der Waals surface area contributed by atoms with Crippen LogP contribution in [-0.4, -0.2) is 24.9 Å². The normalized spacial score (nSPS) is 12.3. The number of amides is 2. The Balaban J connectivity index is 1.81. The van der Waals surface area contributed by atoms with E-state index in [-0.39, 0.29) is 12.3 Å². The number of benzene rings is 2. The van der Waals surface area contributed by atoms with E-state index < -0.39 is 24.0 Å². The van der Waals surface area contributed by atoms with E-state index in [1.807, 2.05) is 36.6 Å². The minimum Gasteiger partial charge on any atom is -0.495 e. The lowest BCUT2D eigenvalue weighted by molar-refractivity contribution is -0.155. The predicted molar refractivity (Wildman–Crippen MR) is 127 cm³/mol. The van der Waals surface area contributed by atoms with E-state index in [2.05, 4.69) is 10.6 Å². The van der Waals surface area contributed by atoms with E-state index in [9.17, 15) is 14.4 Å². The summed E-state index contributed by atoms with van der Waals surface area (Å²) in [7, 11) is 1.52. The van der Waals surface area contributed by atoms with Crippen LogP contribution < -0.4 is 15.4 Å². The van der Waals surface area contributed by atoms with Crippen LogP contribution in [0.5, 0.6) is 5.75 Å². The molecule has 172 valence electrons. The minimum atomic E-state index is -1.18. The lowest BCUT2D eigenvalue weighted by Gasteiger charge is -2.21. The molecule has 33 heavy (non-hydrogen) atoms. The third kappa shape index (κ3) is 6.66. The number of aryl methyl sites for hydroxylation is 1. The molecular formula is C25H26N2O5S. The highest BCUT2D eigenvalue weighted by atomic mass is 32.1. The first-order chi connectivity index (χ1) is 15.9. The number of anilines is 1. The summed E-state index contributed by atoms with van der Waals surface area (Å²) in [5.41, 5.74) is 1.95. The molecule has 0 bridgehead atoms. The highest BCUT2D eigenvalue weighted by Crippen LogP contribution is 2.29. The monoisotopic (exact) mass is 466 g/mol. The van der Waals surface area contributed by atoms with Crippen molar-refractivity contribution in [2.75, 3.05) is 12.4 Å². The van der Waals surface area contributed by atoms with Gasteiger partial charge in [-0.25, -0.2) is 0 Å². The number of hydrogen-bond acceptors (Lipinski definition) is 6. The topological polar surface area (TPSA) is 93.7 Å². The van der Waals surface area contributed by atoms with Crippen molar-refractivity contribution in [3.63, 3.8) is 0 Å². The van der Waals surface area contributed by atoms with Crippen LogP contribution in [0.3, 0.4) is 0 Å². The number of esters is 1. The fraction of sp³-hybridized carbons (Fsp3) is 0.240. The van der Waals surface area contributed by atoms with Crippen LogP contribution in [-0.2, 0) is 19.1 Å².